The Balaban J connectivity index is 1.48. The molecule has 2 aromatic carbocycles. The smallest absolute Gasteiger partial charge is 0.280 e. The van der Waals surface area contributed by atoms with Crippen LogP contribution < -0.4 is 20.7 Å². The van der Waals surface area contributed by atoms with Crippen LogP contribution in [0.3, 0.4) is 0 Å². The average molecular weight is 599 g/mol. The van der Waals surface area contributed by atoms with Crippen molar-refractivity contribution in [1.82, 2.24) is 25.8 Å². The van der Waals surface area contributed by atoms with E-state index < -0.39 is 41.6 Å². The molecule has 2 amide bonds. The molecule has 0 fully saturated rings. The van der Waals surface area contributed by atoms with Crippen LogP contribution in [0.15, 0.2) is 51.4 Å². The van der Waals surface area contributed by atoms with Crippen LogP contribution in [0.25, 0.3) is 11.6 Å². The molecule has 0 aliphatic carbocycles. The van der Waals surface area contributed by atoms with Gasteiger partial charge in [-0.25, -0.2) is 4.98 Å². The molecule has 3 aliphatic rings. The Morgan fingerprint density at radius 2 is 1.89 bits per heavy atom. The summed E-state index contributed by atoms with van der Waals surface area (Å²) in [5, 5.41) is 23.9. The Morgan fingerprint density at radius 1 is 1.09 bits per heavy atom. The average Bonchev–Trinajstić information content (AvgIpc) is 3.75. The minimum Gasteiger partial charge on any atom is -0.469 e. The fourth-order valence-corrected chi connectivity index (χ4v) is 6.40. The summed E-state index contributed by atoms with van der Waals surface area (Å²) in [4.78, 5) is 36.3. The van der Waals surface area contributed by atoms with Crippen molar-refractivity contribution in [3.63, 3.8) is 0 Å². The molecule has 12 heteroatoms. The summed E-state index contributed by atoms with van der Waals surface area (Å²) in [7, 11) is 0. The predicted octanol–water partition coefficient (Wildman–Crippen LogP) is 3.38. The van der Waals surface area contributed by atoms with Crippen molar-refractivity contribution in [2.45, 2.75) is 70.9 Å². The van der Waals surface area contributed by atoms with Crippen LogP contribution in [0.5, 0.6) is 5.75 Å². The van der Waals surface area contributed by atoms with Crippen LogP contribution in [0.2, 0.25) is 0 Å². The number of benzene rings is 2. The number of hydrogen-bond acceptors (Lipinski definition) is 10. The number of rotatable bonds is 5. The monoisotopic (exact) mass is 598 g/mol. The van der Waals surface area contributed by atoms with Crippen molar-refractivity contribution in [3.8, 4) is 17.3 Å². The number of carbonyl (C=O) groups is 2. The zero-order valence-corrected chi connectivity index (χ0v) is 25.0. The molecule has 5 heterocycles. The molecule has 0 saturated heterocycles. The van der Waals surface area contributed by atoms with Gasteiger partial charge < -0.3 is 34.7 Å². The highest BCUT2D eigenvalue weighted by Crippen LogP contribution is 2.59. The molecule has 7 rings (SSSR count). The van der Waals surface area contributed by atoms with Gasteiger partial charge in [0.2, 0.25) is 17.7 Å². The van der Waals surface area contributed by atoms with Gasteiger partial charge in [-0.05, 0) is 42.0 Å². The molecule has 4 N–H and O–H groups in total. The molecule has 4 aromatic rings. The number of fused-ring (bicyclic) bond motifs is 4. The first-order valence-electron chi connectivity index (χ1n) is 14.8. The number of nitrogens with zero attached hydrogens (tertiary/aromatic N) is 3. The lowest BCUT2D eigenvalue weighted by Gasteiger charge is -2.29. The van der Waals surface area contributed by atoms with Gasteiger partial charge in [-0.1, -0.05) is 63.2 Å². The van der Waals surface area contributed by atoms with E-state index in [4.69, 9.17) is 18.7 Å². The van der Waals surface area contributed by atoms with Gasteiger partial charge in [0.05, 0.1) is 0 Å². The van der Waals surface area contributed by atoms with Crippen molar-refractivity contribution >= 4 is 17.5 Å². The number of oxazole rings is 1. The van der Waals surface area contributed by atoms with E-state index in [0.717, 1.165) is 22.4 Å². The first-order valence-corrected chi connectivity index (χ1v) is 14.8. The van der Waals surface area contributed by atoms with Crippen molar-refractivity contribution in [2.75, 3.05) is 5.32 Å². The quantitative estimate of drug-likeness (QED) is 0.268. The first kappa shape index (κ1) is 28.1. The Labute approximate surface area is 253 Å². The van der Waals surface area contributed by atoms with Crippen LogP contribution in [-0.4, -0.2) is 50.4 Å². The molecular weight excluding hydrogens is 564 g/mol. The minimum atomic E-state index is -1.27. The number of aromatic nitrogens is 3. The van der Waals surface area contributed by atoms with Crippen molar-refractivity contribution in [3.05, 3.63) is 76.6 Å². The van der Waals surface area contributed by atoms with Gasteiger partial charge in [-0.15, -0.1) is 0 Å². The van der Waals surface area contributed by atoms with Gasteiger partial charge in [0.15, 0.2) is 23.5 Å². The standard InChI is InChI=1S/C32H34N6O6/c1-14(2)23-29-37-24(30-33-16(5)38-44-30)26(43-29)32-18-8-6-7-9-20(18)35-31(32)42-22-11-10-17(12-19(22)32)13-21(27(40)36-23)34-28(41)25(39)15(3)4/h6-12,14-15,21,23,25,31,35,39H,13H2,1-5H3,(H,34,41)(H,36,40)/t21?,23-,25-,31?,32?/m0/s1. The number of para-hydroxylation sites is 1. The Hall–Kier alpha value is -4.71. The molecule has 3 unspecified atom stereocenters. The Morgan fingerprint density at radius 3 is 2.61 bits per heavy atom. The van der Waals surface area contributed by atoms with E-state index in [9.17, 15) is 14.7 Å². The third-order valence-corrected chi connectivity index (χ3v) is 8.68. The number of amides is 2. The Bertz CT molecular complexity index is 1780. The molecule has 3 aliphatic heterocycles. The summed E-state index contributed by atoms with van der Waals surface area (Å²) in [6.45, 7) is 9.10. The molecular formula is C32H34N6O6. The number of aryl methyl sites for hydroxylation is 1. The van der Waals surface area contributed by atoms with Gasteiger partial charge in [-0.3, -0.25) is 9.59 Å². The molecule has 228 valence electrons. The van der Waals surface area contributed by atoms with Gasteiger partial charge in [0, 0.05) is 17.7 Å². The summed E-state index contributed by atoms with van der Waals surface area (Å²) in [5.74, 6) is 0.456. The van der Waals surface area contributed by atoms with E-state index in [1.54, 1.807) is 20.8 Å². The molecule has 2 aromatic heterocycles. The first-order chi connectivity index (χ1) is 21.1. The van der Waals surface area contributed by atoms with Gasteiger partial charge in [-0.2, -0.15) is 4.98 Å². The molecule has 44 heavy (non-hydrogen) atoms. The lowest BCUT2D eigenvalue weighted by Crippen LogP contribution is -2.52. The second-order valence-electron chi connectivity index (χ2n) is 12.4. The van der Waals surface area contributed by atoms with Crippen LogP contribution in [0, 0.1) is 18.8 Å². The number of hydrogen-bond donors (Lipinski definition) is 4. The van der Waals surface area contributed by atoms with E-state index in [2.05, 4.69) is 26.1 Å². The fourth-order valence-electron chi connectivity index (χ4n) is 6.40. The van der Waals surface area contributed by atoms with Crippen LogP contribution in [0.1, 0.15) is 67.9 Å². The zero-order valence-electron chi connectivity index (χ0n) is 25.0. The minimum absolute atomic E-state index is 0.154. The summed E-state index contributed by atoms with van der Waals surface area (Å²) in [6, 6.07) is 12.0. The third kappa shape index (κ3) is 4.19. The van der Waals surface area contributed by atoms with E-state index in [1.165, 1.54) is 0 Å². The summed E-state index contributed by atoms with van der Waals surface area (Å²) in [6.07, 6.45) is -1.67. The summed E-state index contributed by atoms with van der Waals surface area (Å²) in [5.41, 5.74) is 2.76. The molecule has 0 saturated carbocycles. The maximum Gasteiger partial charge on any atom is 0.280 e. The summed E-state index contributed by atoms with van der Waals surface area (Å²) < 4.78 is 18.9. The number of aliphatic hydroxyl groups excluding tert-OH is 1. The van der Waals surface area contributed by atoms with Gasteiger partial charge in [0.1, 0.15) is 29.4 Å². The number of aliphatic hydroxyl groups is 1. The van der Waals surface area contributed by atoms with Crippen LogP contribution in [0.4, 0.5) is 5.69 Å². The highest BCUT2D eigenvalue weighted by Gasteiger charge is 2.61. The van der Waals surface area contributed by atoms with Crippen molar-refractivity contribution < 1.29 is 28.4 Å². The number of ether oxygens (including phenoxy) is 1. The number of anilines is 1. The van der Waals surface area contributed by atoms with E-state index >= 15 is 0 Å². The second kappa shape index (κ2) is 10.2. The predicted molar refractivity (Wildman–Crippen MR) is 158 cm³/mol. The molecule has 1 spiro atoms. The van der Waals surface area contributed by atoms with Crippen LogP contribution >= 0.6 is 0 Å². The SMILES string of the molecule is Cc1noc(-c2nc3oc2C24c5ccccc5NC2Oc2ccc(cc24)CC(NC(=O)[C@@H](O)C(C)C)C(=O)N[C@H]3C(C)C)n1. The number of carbonyl (C=O) groups excluding carboxylic acids is 2. The maximum atomic E-state index is 13.9. The highest BCUT2D eigenvalue weighted by atomic mass is 16.5. The third-order valence-electron chi connectivity index (χ3n) is 8.68. The topological polar surface area (TPSA) is 165 Å². The molecule has 5 atom stereocenters. The molecule has 0 radical (unpaired) electrons. The molecule has 4 bridgehead atoms. The van der Waals surface area contributed by atoms with Crippen molar-refractivity contribution in [1.29, 1.82) is 0 Å². The fraction of sp³-hybridized carbons (Fsp3) is 0.406. The lowest BCUT2D eigenvalue weighted by molar-refractivity contribution is -0.135. The Kier molecular flexibility index (Phi) is 6.50. The van der Waals surface area contributed by atoms with Crippen LogP contribution in [-0.2, 0) is 21.4 Å². The number of nitrogens with one attached hydrogen (secondary N) is 3. The normalized spacial score (nSPS) is 24.0. The van der Waals surface area contributed by atoms with E-state index in [1.807, 2.05) is 56.3 Å². The summed E-state index contributed by atoms with van der Waals surface area (Å²) >= 11 is 0. The van der Waals surface area contributed by atoms with Gasteiger partial charge in [0.25, 0.3) is 5.89 Å². The van der Waals surface area contributed by atoms with Gasteiger partial charge >= 0.3 is 0 Å². The molecule has 12 nitrogen and oxygen atoms in total. The van der Waals surface area contributed by atoms with E-state index in [-0.39, 0.29) is 30.0 Å². The van der Waals surface area contributed by atoms with Crippen molar-refractivity contribution in [2.24, 2.45) is 11.8 Å². The van der Waals surface area contributed by atoms with E-state index in [0.29, 0.717) is 23.0 Å². The second-order valence-corrected chi connectivity index (χ2v) is 12.4. The highest BCUT2D eigenvalue weighted by molar-refractivity contribution is 5.90. The zero-order chi connectivity index (χ0) is 30.9. The largest absolute Gasteiger partial charge is 0.469 e. The maximum absolute atomic E-state index is 13.9. The lowest BCUT2D eigenvalue weighted by atomic mass is 9.72.